The average molecular weight is 393 g/mol. The highest BCUT2D eigenvalue weighted by Crippen LogP contribution is 2.40. The number of carbonyl (C=O) groups is 2. The number of hydrogen-bond acceptors (Lipinski definition) is 4. The van der Waals surface area contributed by atoms with Crippen molar-refractivity contribution in [1.29, 1.82) is 0 Å². The summed E-state index contributed by atoms with van der Waals surface area (Å²) in [7, 11) is 0. The van der Waals surface area contributed by atoms with Gasteiger partial charge in [0.15, 0.2) is 11.5 Å². The van der Waals surface area contributed by atoms with E-state index in [0.29, 0.717) is 18.5 Å². The number of Topliss-reactive ketones (excluding diaryl/α,β-unsaturated/α-hetero) is 1. The molecule has 6 heteroatoms. The van der Waals surface area contributed by atoms with Crippen molar-refractivity contribution >= 4 is 22.7 Å². The molecule has 4 rings (SSSR count). The Labute approximate surface area is 167 Å². The molecule has 1 unspecified atom stereocenters. The topological polar surface area (TPSA) is 70.8 Å². The van der Waals surface area contributed by atoms with Crippen LogP contribution in [0.1, 0.15) is 41.9 Å². The van der Waals surface area contributed by atoms with Gasteiger partial charge in [0, 0.05) is 17.5 Å². The van der Waals surface area contributed by atoms with Gasteiger partial charge in [-0.1, -0.05) is 49.7 Å². The lowest BCUT2D eigenvalue weighted by molar-refractivity contribution is -0.129. The van der Waals surface area contributed by atoms with Gasteiger partial charge in [-0.3, -0.25) is 9.59 Å². The number of furan rings is 1. The lowest BCUT2D eigenvalue weighted by Gasteiger charge is -2.26. The molecule has 2 heterocycles. The van der Waals surface area contributed by atoms with Crippen LogP contribution >= 0.6 is 0 Å². The number of fused-ring (bicyclic) bond motifs is 1. The van der Waals surface area contributed by atoms with E-state index in [1.54, 1.807) is 30.3 Å². The first-order valence-electron chi connectivity index (χ1n) is 9.54. The monoisotopic (exact) mass is 393 g/mol. The van der Waals surface area contributed by atoms with Crippen molar-refractivity contribution in [3.8, 4) is 0 Å². The summed E-state index contributed by atoms with van der Waals surface area (Å²) in [6.07, 6.45) is 1.47. The third-order valence-electron chi connectivity index (χ3n) is 5.15. The fourth-order valence-electron chi connectivity index (χ4n) is 3.69. The van der Waals surface area contributed by atoms with Gasteiger partial charge in [0.25, 0.3) is 5.91 Å². The van der Waals surface area contributed by atoms with E-state index in [-0.39, 0.29) is 16.9 Å². The minimum absolute atomic E-state index is 0.000712. The molecule has 0 bridgehead atoms. The van der Waals surface area contributed by atoms with Gasteiger partial charge in [0.1, 0.15) is 11.4 Å². The third-order valence-corrected chi connectivity index (χ3v) is 5.15. The molecule has 0 saturated carbocycles. The average Bonchev–Trinajstić information content (AvgIpc) is 3.26. The maximum absolute atomic E-state index is 14.6. The molecule has 0 radical (unpaired) electrons. The van der Waals surface area contributed by atoms with Crippen molar-refractivity contribution < 1.29 is 23.5 Å². The van der Waals surface area contributed by atoms with Crippen LogP contribution in [0.25, 0.3) is 11.0 Å². The number of ketones is 1. The second-order valence-electron chi connectivity index (χ2n) is 7.02. The number of rotatable bonds is 6. The Bertz CT molecular complexity index is 1100. The zero-order chi connectivity index (χ0) is 20.5. The van der Waals surface area contributed by atoms with Crippen molar-refractivity contribution in [2.75, 3.05) is 6.54 Å². The summed E-state index contributed by atoms with van der Waals surface area (Å²) in [6.45, 7) is 2.27. The summed E-state index contributed by atoms with van der Waals surface area (Å²) in [6, 6.07) is 13.7. The number of benzene rings is 2. The van der Waals surface area contributed by atoms with Gasteiger partial charge in [-0.05, 0) is 24.6 Å². The molecule has 0 fully saturated rings. The van der Waals surface area contributed by atoms with Crippen LogP contribution in [0.5, 0.6) is 0 Å². The second-order valence-corrected chi connectivity index (χ2v) is 7.02. The highest BCUT2D eigenvalue weighted by molar-refractivity contribution is 6.16. The van der Waals surface area contributed by atoms with E-state index in [9.17, 15) is 19.1 Å². The first-order chi connectivity index (χ1) is 14.0. The minimum atomic E-state index is -1.00. The highest BCUT2D eigenvalue weighted by atomic mass is 19.1. The largest absolute Gasteiger partial charge is 0.503 e. The molecule has 1 N–H and O–H groups in total. The molecule has 0 spiro atoms. The maximum atomic E-state index is 14.6. The summed E-state index contributed by atoms with van der Waals surface area (Å²) in [5, 5.41) is 11.3. The number of amides is 1. The summed E-state index contributed by atoms with van der Waals surface area (Å²) < 4.78 is 20.3. The molecule has 148 valence electrons. The number of carbonyl (C=O) groups excluding carboxylic acids is 2. The van der Waals surface area contributed by atoms with Crippen LogP contribution in [0.3, 0.4) is 0 Å². The Hall–Kier alpha value is -3.41. The Morgan fingerprint density at radius 1 is 1.17 bits per heavy atom. The standard InChI is InChI=1S/C23H20FNO4/c1-2-3-12-25-20(15-9-5-6-10-16(15)24)19(22(27)23(25)28)21(26)18-13-14-8-4-7-11-17(14)29-18/h4-11,13,20,27H,2-3,12H2,1H3. The van der Waals surface area contributed by atoms with Crippen molar-refractivity contribution in [3.63, 3.8) is 0 Å². The number of aliphatic hydroxyl groups excluding tert-OH is 1. The SMILES string of the molecule is CCCCN1C(=O)C(O)=C(C(=O)c2cc3ccccc3o2)C1c1ccccc1F. The molecule has 1 aliphatic heterocycles. The van der Waals surface area contributed by atoms with Crippen molar-refractivity contribution in [1.82, 2.24) is 4.90 Å². The van der Waals surface area contributed by atoms with Gasteiger partial charge >= 0.3 is 0 Å². The van der Waals surface area contributed by atoms with Crippen LogP contribution in [0.15, 0.2) is 70.3 Å². The molecule has 5 nitrogen and oxygen atoms in total. The molecule has 29 heavy (non-hydrogen) atoms. The van der Waals surface area contributed by atoms with E-state index >= 15 is 0 Å². The maximum Gasteiger partial charge on any atom is 0.290 e. The number of hydrogen-bond donors (Lipinski definition) is 1. The summed E-state index contributed by atoms with van der Waals surface area (Å²) in [5.74, 6) is -2.50. The van der Waals surface area contributed by atoms with Crippen LogP contribution in [0, 0.1) is 5.82 Å². The van der Waals surface area contributed by atoms with Gasteiger partial charge in [-0.25, -0.2) is 4.39 Å². The summed E-state index contributed by atoms with van der Waals surface area (Å²) >= 11 is 0. The first kappa shape index (κ1) is 18.9. The predicted octanol–water partition coefficient (Wildman–Crippen LogP) is 4.95. The minimum Gasteiger partial charge on any atom is -0.503 e. The Balaban J connectivity index is 1.82. The second kappa shape index (κ2) is 7.54. The normalized spacial score (nSPS) is 16.8. The third kappa shape index (κ3) is 3.20. The fraction of sp³-hybridized carbons (Fsp3) is 0.217. The Kier molecular flexibility index (Phi) is 4.92. The van der Waals surface area contributed by atoms with Crippen LogP contribution in [0.4, 0.5) is 4.39 Å². The van der Waals surface area contributed by atoms with E-state index in [1.807, 2.05) is 13.0 Å². The van der Waals surface area contributed by atoms with Crippen molar-refractivity contribution in [2.45, 2.75) is 25.8 Å². The summed E-state index contributed by atoms with van der Waals surface area (Å²) in [5.41, 5.74) is 0.529. The Morgan fingerprint density at radius 2 is 1.90 bits per heavy atom. The molecule has 1 aliphatic rings. The molecular weight excluding hydrogens is 373 g/mol. The van der Waals surface area contributed by atoms with Gasteiger partial charge in [-0.2, -0.15) is 0 Å². The van der Waals surface area contributed by atoms with E-state index < -0.39 is 29.3 Å². The number of aliphatic hydroxyl groups is 1. The smallest absolute Gasteiger partial charge is 0.290 e. The van der Waals surface area contributed by atoms with Gasteiger partial charge < -0.3 is 14.4 Å². The van der Waals surface area contributed by atoms with Crippen molar-refractivity contribution in [2.24, 2.45) is 0 Å². The molecule has 2 aromatic carbocycles. The van der Waals surface area contributed by atoms with E-state index in [2.05, 4.69) is 0 Å². The quantitative estimate of drug-likeness (QED) is 0.602. The van der Waals surface area contributed by atoms with Gasteiger partial charge in [-0.15, -0.1) is 0 Å². The van der Waals surface area contributed by atoms with E-state index in [4.69, 9.17) is 4.42 Å². The molecule has 0 saturated heterocycles. The molecule has 1 atom stereocenters. The zero-order valence-electron chi connectivity index (χ0n) is 15.9. The fourth-order valence-corrected chi connectivity index (χ4v) is 3.69. The number of halogens is 1. The van der Waals surface area contributed by atoms with Gasteiger partial charge in [0.05, 0.1) is 11.6 Å². The van der Waals surface area contributed by atoms with Crippen molar-refractivity contribution in [3.05, 3.63) is 83.1 Å². The molecule has 3 aromatic rings. The van der Waals surface area contributed by atoms with E-state index in [1.165, 1.54) is 23.1 Å². The zero-order valence-corrected chi connectivity index (χ0v) is 15.9. The van der Waals surface area contributed by atoms with Crippen LogP contribution in [-0.2, 0) is 4.79 Å². The number of unbranched alkanes of at least 4 members (excludes halogenated alkanes) is 1. The first-order valence-corrected chi connectivity index (χ1v) is 9.54. The predicted molar refractivity (Wildman–Crippen MR) is 106 cm³/mol. The van der Waals surface area contributed by atoms with Gasteiger partial charge in [0.2, 0.25) is 5.78 Å². The highest BCUT2D eigenvalue weighted by Gasteiger charge is 2.45. The molecule has 0 aliphatic carbocycles. The molecule has 1 aromatic heterocycles. The number of para-hydroxylation sites is 1. The lowest BCUT2D eigenvalue weighted by atomic mass is 9.94. The molecule has 1 amide bonds. The van der Waals surface area contributed by atoms with Crippen LogP contribution in [-0.4, -0.2) is 28.2 Å². The molecular formula is C23H20FNO4. The van der Waals surface area contributed by atoms with Crippen LogP contribution < -0.4 is 0 Å². The van der Waals surface area contributed by atoms with Crippen LogP contribution in [0.2, 0.25) is 0 Å². The van der Waals surface area contributed by atoms with E-state index in [0.717, 1.165) is 11.8 Å². The lowest BCUT2D eigenvalue weighted by Crippen LogP contribution is -2.32. The Morgan fingerprint density at radius 3 is 2.62 bits per heavy atom. The summed E-state index contributed by atoms with van der Waals surface area (Å²) in [4.78, 5) is 27.4. The number of nitrogens with zero attached hydrogens (tertiary/aromatic N) is 1.